The fraction of sp³-hybridized carbons (Fsp3) is 0.562. The van der Waals surface area contributed by atoms with Crippen LogP contribution in [0.3, 0.4) is 0 Å². The van der Waals surface area contributed by atoms with Gasteiger partial charge in [0.15, 0.2) is 5.13 Å². The summed E-state index contributed by atoms with van der Waals surface area (Å²) in [5.74, 6) is 0.165. The van der Waals surface area contributed by atoms with E-state index in [0.717, 1.165) is 38.2 Å². The first-order valence-electron chi connectivity index (χ1n) is 8.40. The molecule has 1 aliphatic rings. The number of nitrogens with two attached hydrogens (primary N) is 1. The first-order valence-corrected chi connectivity index (χ1v) is 9.22. The third-order valence-electron chi connectivity index (χ3n) is 4.37. The number of amides is 1. The van der Waals surface area contributed by atoms with Gasteiger partial charge in [-0.25, -0.2) is 4.98 Å². The molecule has 144 valence electrons. The Kier molecular flexibility index (Phi) is 7.83. The summed E-state index contributed by atoms with van der Waals surface area (Å²) in [5, 5.41) is 10.6. The van der Waals surface area contributed by atoms with Gasteiger partial charge in [0.25, 0.3) is 5.91 Å². The number of nitrogens with one attached hydrogen (secondary N) is 2. The molecule has 1 aliphatic heterocycles. The molecule has 2 aromatic rings. The second kappa shape index (κ2) is 9.86. The largest absolute Gasteiger partial charge is 0.383 e. The monoisotopic (exact) mass is 400 g/mol. The zero-order valence-electron chi connectivity index (χ0n) is 14.7. The maximum absolute atomic E-state index is 12.4. The number of halogens is 1. The second-order valence-electron chi connectivity index (χ2n) is 6.19. The summed E-state index contributed by atoms with van der Waals surface area (Å²) in [6.45, 7) is 3.75. The molecule has 10 heteroatoms. The maximum Gasteiger partial charge on any atom is 0.254 e. The van der Waals surface area contributed by atoms with Crippen LogP contribution in [0.5, 0.6) is 0 Å². The van der Waals surface area contributed by atoms with E-state index in [1.54, 1.807) is 13.3 Å². The van der Waals surface area contributed by atoms with Crippen molar-refractivity contribution in [3.8, 4) is 0 Å². The molecule has 0 bridgehead atoms. The molecular weight excluding hydrogens is 376 g/mol. The Bertz CT molecular complexity index is 706. The summed E-state index contributed by atoms with van der Waals surface area (Å²) < 4.78 is 4.97. The molecule has 1 saturated heterocycles. The summed E-state index contributed by atoms with van der Waals surface area (Å²) in [7, 11) is 1.61. The highest BCUT2D eigenvalue weighted by Crippen LogP contribution is 2.29. The fourth-order valence-electron chi connectivity index (χ4n) is 3.20. The number of methoxy groups -OCH3 is 1. The van der Waals surface area contributed by atoms with Crippen molar-refractivity contribution >= 4 is 34.8 Å². The molecule has 0 radical (unpaired) electrons. The number of carbonyl (C=O) groups excluding carboxylic acids is 1. The highest BCUT2D eigenvalue weighted by atomic mass is 35.5. The minimum atomic E-state index is -0.104. The quantitative estimate of drug-likeness (QED) is 0.609. The lowest BCUT2D eigenvalue weighted by molar-refractivity contribution is 0.0934. The van der Waals surface area contributed by atoms with E-state index in [2.05, 4.69) is 25.4 Å². The highest BCUT2D eigenvalue weighted by molar-refractivity contribution is 7.15. The number of thiazole rings is 1. The number of anilines is 1. The predicted octanol–water partition coefficient (Wildman–Crippen LogP) is 1.63. The molecule has 4 N–H and O–H groups in total. The molecule has 0 spiro atoms. The molecule has 8 nitrogen and oxygen atoms in total. The minimum Gasteiger partial charge on any atom is -0.383 e. The van der Waals surface area contributed by atoms with Crippen LogP contribution in [-0.2, 0) is 11.3 Å². The predicted molar refractivity (Wildman–Crippen MR) is 104 cm³/mol. The molecule has 0 aromatic carbocycles. The van der Waals surface area contributed by atoms with Crippen molar-refractivity contribution in [1.82, 2.24) is 25.4 Å². The lowest BCUT2D eigenvalue weighted by atomic mass is 9.92. The molecule has 3 rings (SSSR count). The van der Waals surface area contributed by atoms with Gasteiger partial charge in [0.05, 0.1) is 24.1 Å². The Balaban J connectivity index is 0.00000243. The molecule has 1 unspecified atom stereocenters. The van der Waals surface area contributed by atoms with Gasteiger partial charge in [-0.05, 0) is 19.4 Å². The Morgan fingerprint density at radius 2 is 2.38 bits per heavy atom. The van der Waals surface area contributed by atoms with Crippen molar-refractivity contribution in [2.75, 3.05) is 39.1 Å². The lowest BCUT2D eigenvalue weighted by Crippen LogP contribution is -2.35. The number of carbonyl (C=O) groups is 1. The normalized spacial score (nSPS) is 17.7. The first kappa shape index (κ1) is 20.6. The number of hydrogen-bond acceptors (Lipinski definition) is 7. The van der Waals surface area contributed by atoms with Crippen molar-refractivity contribution in [3.05, 3.63) is 28.5 Å². The van der Waals surface area contributed by atoms with Crippen LogP contribution in [0.4, 0.5) is 5.13 Å². The van der Waals surface area contributed by atoms with E-state index in [1.165, 1.54) is 16.2 Å². The van der Waals surface area contributed by atoms with Gasteiger partial charge in [0.1, 0.15) is 0 Å². The van der Waals surface area contributed by atoms with Crippen LogP contribution in [0.25, 0.3) is 0 Å². The maximum atomic E-state index is 12.4. The SMILES string of the molecule is COCCNC(=O)c1cn[nH]c1C1CCCN(Cc2cnc(N)s2)C1.Cl. The van der Waals surface area contributed by atoms with Crippen LogP contribution >= 0.6 is 23.7 Å². The number of H-pyrrole nitrogens is 1. The lowest BCUT2D eigenvalue weighted by Gasteiger charge is -2.32. The number of aromatic amines is 1. The van der Waals surface area contributed by atoms with Crippen molar-refractivity contribution in [3.63, 3.8) is 0 Å². The number of hydrogen-bond donors (Lipinski definition) is 3. The molecule has 1 atom stereocenters. The zero-order chi connectivity index (χ0) is 17.6. The van der Waals surface area contributed by atoms with Crippen LogP contribution < -0.4 is 11.1 Å². The molecule has 0 aliphatic carbocycles. The summed E-state index contributed by atoms with van der Waals surface area (Å²) in [4.78, 5) is 20.0. The van der Waals surface area contributed by atoms with Gasteiger partial charge in [0, 0.05) is 43.7 Å². The number of rotatable bonds is 7. The summed E-state index contributed by atoms with van der Waals surface area (Å²) >= 11 is 1.53. The van der Waals surface area contributed by atoms with Crippen molar-refractivity contribution in [1.29, 1.82) is 0 Å². The molecule has 0 saturated carbocycles. The first-order chi connectivity index (χ1) is 12.2. The average molecular weight is 401 g/mol. The fourth-order valence-corrected chi connectivity index (χ4v) is 3.93. The third-order valence-corrected chi connectivity index (χ3v) is 5.18. The van der Waals surface area contributed by atoms with Crippen LogP contribution in [-0.4, -0.2) is 59.3 Å². The van der Waals surface area contributed by atoms with Crippen LogP contribution in [0.2, 0.25) is 0 Å². The Morgan fingerprint density at radius 3 is 3.12 bits per heavy atom. The number of nitrogens with zero attached hydrogens (tertiary/aromatic N) is 3. The van der Waals surface area contributed by atoms with Gasteiger partial charge in [-0.2, -0.15) is 5.10 Å². The van der Waals surface area contributed by atoms with Crippen LogP contribution in [0, 0.1) is 0 Å². The van der Waals surface area contributed by atoms with Gasteiger partial charge in [-0.1, -0.05) is 0 Å². The highest BCUT2D eigenvalue weighted by Gasteiger charge is 2.27. The smallest absolute Gasteiger partial charge is 0.254 e. The third kappa shape index (κ3) is 5.16. The van der Waals surface area contributed by atoms with E-state index in [9.17, 15) is 4.79 Å². The standard InChI is InChI=1S/C16H24N6O2S.ClH/c1-24-6-4-18-15(23)13-8-20-21-14(13)11-3-2-5-22(9-11)10-12-7-19-16(17)25-12;/h7-8,11H,2-6,9-10H2,1H3,(H2,17,19)(H,18,23)(H,20,21);1H. The van der Waals surface area contributed by atoms with Gasteiger partial charge in [-0.3, -0.25) is 14.8 Å². The molecular formula is C16H25ClN6O2S. The number of nitrogen functional groups attached to an aromatic ring is 1. The molecule has 1 fully saturated rings. The molecule has 3 heterocycles. The number of likely N-dealkylation sites (tertiary alicyclic amines) is 1. The van der Waals surface area contributed by atoms with Gasteiger partial charge in [0.2, 0.25) is 0 Å². The van der Waals surface area contributed by atoms with Gasteiger partial charge < -0.3 is 15.8 Å². The second-order valence-corrected chi connectivity index (χ2v) is 7.33. The van der Waals surface area contributed by atoms with Gasteiger partial charge >= 0.3 is 0 Å². The van der Waals surface area contributed by atoms with E-state index in [4.69, 9.17) is 10.5 Å². The van der Waals surface area contributed by atoms with E-state index in [-0.39, 0.29) is 24.2 Å². The van der Waals surface area contributed by atoms with E-state index in [0.29, 0.717) is 23.8 Å². The van der Waals surface area contributed by atoms with Crippen molar-refractivity contribution < 1.29 is 9.53 Å². The van der Waals surface area contributed by atoms with Crippen LogP contribution in [0.1, 0.15) is 39.7 Å². The molecule has 1 amide bonds. The van der Waals surface area contributed by atoms with Crippen molar-refractivity contribution in [2.24, 2.45) is 0 Å². The number of piperidine rings is 1. The van der Waals surface area contributed by atoms with Crippen molar-refractivity contribution in [2.45, 2.75) is 25.3 Å². The summed E-state index contributed by atoms with van der Waals surface area (Å²) in [6, 6.07) is 0. The summed E-state index contributed by atoms with van der Waals surface area (Å²) in [5.41, 5.74) is 7.26. The van der Waals surface area contributed by atoms with Crippen LogP contribution in [0.15, 0.2) is 12.4 Å². The van der Waals surface area contributed by atoms with Gasteiger partial charge in [-0.15, -0.1) is 23.7 Å². The topological polar surface area (TPSA) is 109 Å². The average Bonchev–Trinajstić information content (AvgIpc) is 3.24. The molecule has 2 aromatic heterocycles. The Morgan fingerprint density at radius 1 is 1.54 bits per heavy atom. The Hall–Kier alpha value is -1.68. The number of aromatic nitrogens is 3. The minimum absolute atomic E-state index is 0. The van der Waals surface area contributed by atoms with E-state index >= 15 is 0 Å². The van der Waals surface area contributed by atoms with E-state index < -0.39 is 0 Å². The number of ether oxygens (including phenoxy) is 1. The summed E-state index contributed by atoms with van der Waals surface area (Å²) in [6.07, 6.45) is 5.58. The molecule has 26 heavy (non-hydrogen) atoms. The van der Waals surface area contributed by atoms with E-state index in [1.807, 2.05) is 6.20 Å². The zero-order valence-corrected chi connectivity index (χ0v) is 16.4. The Labute approximate surface area is 162 Å².